The summed E-state index contributed by atoms with van der Waals surface area (Å²) in [6.45, 7) is 8.02. The zero-order valence-electron chi connectivity index (χ0n) is 23.1. The molecule has 0 radical (unpaired) electrons. The molecule has 204 valence electrons. The lowest BCUT2D eigenvalue weighted by molar-refractivity contribution is -0.153. The van der Waals surface area contributed by atoms with Crippen molar-refractivity contribution in [1.82, 2.24) is 4.98 Å². The molecule has 0 fully saturated rings. The van der Waals surface area contributed by atoms with Crippen molar-refractivity contribution in [2.24, 2.45) is 0 Å². The van der Waals surface area contributed by atoms with E-state index in [0.717, 1.165) is 28.1 Å². The summed E-state index contributed by atoms with van der Waals surface area (Å²) < 4.78 is 23.4. The molecule has 0 aliphatic heterocycles. The van der Waals surface area contributed by atoms with Gasteiger partial charge in [-0.25, -0.2) is 9.78 Å². The standard InChI is InChI=1S/C32H35NO6/c1-21(2)24-12-14-26(15-13-24)39-32(4,31(34)35)20-23-11-16-28(36-5)29(19-23)37-18-17-27-22(3)38-30(33-27)25-9-7-6-8-10-25/h6-16,19,21H,17-18,20H2,1-5H3,(H,34,35). The SMILES string of the molecule is COc1ccc(CC(C)(Oc2ccc(C(C)C)cc2)C(=O)O)cc1OCCc1nc(-c2ccccc2)oc1C. The molecule has 3 aromatic carbocycles. The highest BCUT2D eigenvalue weighted by molar-refractivity contribution is 5.78. The number of nitrogens with zero attached hydrogens (tertiary/aromatic N) is 1. The van der Waals surface area contributed by atoms with Crippen LogP contribution in [0.25, 0.3) is 11.5 Å². The summed E-state index contributed by atoms with van der Waals surface area (Å²) in [5.41, 5.74) is 2.17. The maximum Gasteiger partial charge on any atom is 0.348 e. The summed E-state index contributed by atoms with van der Waals surface area (Å²) in [7, 11) is 1.57. The van der Waals surface area contributed by atoms with Gasteiger partial charge in [0.05, 0.1) is 19.4 Å². The van der Waals surface area contributed by atoms with Crippen molar-refractivity contribution in [3.63, 3.8) is 0 Å². The fourth-order valence-corrected chi connectivity index (χ4v) is 4.29. The molecule has 0 amide bonds. The van der Waals surface area contributed by atoms with Crippen LogP contribution >= 0.6 is 0 Å². The molecule has 1 heterocycles. The minimum atomic E-state index is -1.48. The maximum absolute atomic E-state index is 12.3. The van der Waals surface area contributed by atoms with Gasteiger partial charge in [-0.15, -0.1) is 0 Å². The van der Waals surface area contributed by atoms with Crippen LogP contribution in [0.3, 0.4) is 0 Å². The van der Waals surface area contributed by atoms with Crippen LogP contribution in [0.2, 0.25) is 0 Å². The average Bonchev–Trinajstić information content (AvgIpc) is 3.30. The molecule has 1 unspecified atom stereocenters. The highest BCUT2D eigenvalue weighted by Crippen LogP contribution is 2.32. The number of hydrogen-bond acceptors (Lipinski definition) is 6. The van der Waals surface area contributed by atoms with Gasteiger partial charge in [0.1, 0.15) is 11.5 Å². The van der Waals surface area contributed by atoms with Crippen LogP contribution in [-0.2, 0) is 17.6 Å². The van der Waals surface area contributed by atoms with Crippen LogP contribution in [0.1, 0.15) is 49.3 Å². The largest absolute Gasteiger partial charge is 0.493 e. The maximum atomic E-state index is 12.3. The number of aryl methyl sites for hydroxylation is 1. The van der Waals surface area contributed by atoms with Crippen LogP contribution in [0.15, 0.2) is 77.2 Å². The summed E-state index contributed by atoms with van der Waals surface area (Å²) >= 11 is 0. The molecule has 39 heavy (non-hydrogen) atoms. The molecule has 1 N–H and O–H groups in total. The van der Waals surface area contributed by atoms with Gasteiger partial charge in [-0.2, -0.15) is 0 Å². The molecule has 7 nitrogen and oxygen atoms in total. The smallest absolute Gasteiger partial charge is 0.348 e. The molecule has 0 aliphatic carbocycles. The van der Waals surface area contributed by atoms with Gasteiger partial charge in [0.2, 0.25) is 11.5 Å². The Kier molecular flexibility index (Phi) is 8.59. The molecular weight excluding hydrogens is 494 g/mol. The van der Waals surface area contributed by atoms with E-state index in [2.05, 4.69) is 18.8 Å². The Hall–Kier alpha value is -4.26. The van der Waals surface area contributed by atoms with E-state index < -0.39 is 11.6 Å². The van der Waals surface area contributed by atoms with Gasteiger partial charge < -0.3 is 23.7 Å². The Morgan fingerprint density at radius 1 is 1.03 bits per heavy atom. The molecule has 7 heteroatoms. The fourth-order valence-electron chi connectivity index (χ4n) is 4.29. The Bertz CT molecular complexity index is 1390. The third-order valence-electron chi connectivity index (χ3n) is 6.62. The Morgan fingerprint density at radius 2 is 1.74 bits per heavy atom. The number of carboxylic acid groups (broad SMARTS) is 1. The number of ether oxygens (including phenoxy) is 3. The zero-order chi connectivity index (χ0) is 28.0. The molecule has 0 spiro atoms. The molecule has 0 bridgehead atoms. The summed E-state index contributed by atoms with van der Waals surface area (Å²) in [5.74, 6) is 2.23. The van der Waals surface area contributed by atoms with Crippen molar-refractivity contribution < 1.29 is 28.5 Å². The molecule has 0 aliphatic rings. The van der Waals surface area contributed by atoms with E-state index in [9.17, 15) is 9.90 Å². The Morgan fingerprint density at radius 3 is 2.38 bits per heavy atom. The lowest BCUT2D eigenvalue weighted by atomic mass is 9.95. The summed E-state index contributed by atoms with van der Waals surface area (Å²) in [6, 6.07) is 22.7. The molecular formula is C32H35NO6. The molecule has 1 atom stereocenters. The lowest BCUT2D eigenvalue weighted by Gasteiger charge is -2.27. The Labute approximate surface area is 229 Å². The number of hydrogen-bond donors (Lipinski definition) is 1. The number of aromatic nitrogens is 1. The number of rotatable bonds is 12. The Balaban J connectivity index is 1.46. The second-order valence-electron chi connectivity index (χ2n) is 10.0. The van der Waals surface area contributed by atoms with Gasteiger partial charge in [-0.3, -0.25) is 0 Å². The van der Waals surface area contributed by atoms with Crippen molar-refractivity contribution in [1.29, 1.82) is 0 Å². The second kappa shape index (κ2) is 12.1. The minimum Gasteiger partial charge on any atom is -0.493 e. The van der Waals surface area contributed by atoms with Crippen molar-refractivity contribution in [3.05, 3.63) is 95.4 Å². The first kappa shape index (κ1) is 27.8. The van der Waals surface area contributed by atoms with Gasteiger partial charge in [0, 0.05) is 18.4 Å². The van der Waals surface area contributed by atoms with Gasteiger partial charge >= 0.3 is 5.97 Å². The molecule has 4 rings (SSSR count). The first-order valence-corrected chi connectivity index (χ1v) is 13.0. The van der Waals surface area contributed by atoms with Crippen LogP contribution in [-0.4, -0.2) is 35.4 Å². The predicted molar refractivity (Wildman–Crippen MR) is 150 cm³/mol. The number of oxazole rings is 1. The number of aliphatic carboxylic acids is 1. The second-order valence-corrected chi connectivity index (χ2v) is 10.0. The predicted octanol–water partition coefficient (Wildman–Crippen LogP) is 6.87. The summed E-state index contributed by atoms with van der Waals surface area (Å²) in [6.07, 6.45) is 0.676. The van der Waals surface area contributed by atoms with Crippen molar-refractivity contribution in [3.8, 4) is 28.7 Å². The first-order valence-electron chi connectivity index (χ1n) is 13.0. The van der Waals surface area contributed by atoms with E-state index in [1.165, 1.54) is 0 Å². The fraction of sp³-hybridized carbons (Fsp3) is 0.312. The van der Waals surface area contributed by atoms with E-state index in [0.29, 0.717) is 42.1 Å². The minimum absolute atomic E-state index is 0.136. The van der Waals surface area contributed by atoms with Gasteiger partial charge in [0.25, 0.3) is 0 Å². The highest BCUT2D eigenvalue weighted by Gasteiger charge is 2.36. The van der Waals surface area contributed by atoms with E-state index >= 15 is 0 Å². The average molecular weight is 530 g/mol. The van der Waals surface area contributed by atoms with Gasteiger partial charge in [-0.05, 0) is 67.3 Å². The van der Waals surface area contributed by atoms with Gasteiger partial charge in [-0.1, -0.05) is 50.2 Å². The topological polar surface area (TPSA) is 91.0 Å². The summed E-state index contributed by atoms with van der Waals surface area (Å²) in [4.78, 5) is 16.9. The normalized spacial score (nSPS) is 12.7. The summed E-state index contributed by atoms with van der Waals surface area (Å²) in [5, 5.41) is 10.0. The highest BCUT2D eigenvalue weighted by atomic mass is 16.5. The van der Waals surface area contributed by atoms with Crippen molar-refractivity contribution >= 4 is 5.97 Å². The van der Waals surface area contributed by atoms with Crippen molar-refractivity contribution in [2.75, 3.05) is 13.7 Å². The molecule has 1 aromatic heterocycles. The number of methoxy groups -OCH3 is 1. The molecule has 0 saturated carbocycles. The van der Waals surface area contributed by atoms with E-state index in [-0.39, 0.29) is 6.42 Å². The molecule has 0 saturated heterocycles. The van der Waals surface area contributed by atoms with E-state index in [1.807, 2.05) is 67.6 Å². The number of benzene rings is 3. The lowest BCUT2D eigenvalue weighted by Crippen LogP contribution is -2.43. The third-order valence-corrected chi connectivity index (χ3v) is 6.62. The van der Waals surface area contributed by atoms with Gasteiger partial charge in [0.15, 0.2) is 11.5 Å². The van der Waals surface area contributed by atoms with E-state index in [4.69, 9.17) is 18.6 Å². The monoisotopic (exact) mass is 529 g/mol. The van der Waals surface area contributed by atoms with Crippen LogP contribution in [0, 0.1) is 6.92 Å². The quantitative estimate of drug-likeness (QED) is 0.214. The van der Waals surface area contributed by atoms with Crippen LogP contribution in [0.4, 0.5) is 0 Å². The third kappa shape index (κ3) is 6.79. The number of carboxylic acids is 1. The van der Waals surface area contributed by atoms with Crippen molar-refractivity contribution in [2.45, 2.75) is 52.1 Å². The molecule has 4 aromatic rings. The van der Waals surface area contributed by atoms with Crippen LogP contribution in [0.5, 0.6) is 17.2 Å². The number of carbonyl (C=O) groups is 1. The van der Waals surface area contributed by atoms with E-state index in [1.54, 1.807) is 26.2 Å². The van der Waals surface area contributed by atoms with Crippen LogP contribution < -0.4 is 14.2 Å². The zero-order valence-corrected chi connectivity index (χ0v) is 23.1. The first-order chi connectivity index (χ1) is 18.7.